The molecule has 1 aromatic heterocycles. The van der Waals surface area contributed by atoms with Crippen LogP contribution in [0.1, 0.15) is 59.3 Å². The molecule has 0 spiro atoms. The van der Waals surface area contributed by atoms with Crippen LogP contribution in [0.5, 0.6) is 17.4 Å². The van der Waals surface area contributed by atoms with Crippen molar-refractivity contribution in [1.82, 2.24) is 30.1 Å². The van der Waals surface area contributed by atoms with Crippen LogP contribution in [-0.2, 0) is 29.1 Å². The fraction of sp³-hybridized carbons (Fsp3) is 0.512. The molecule has 5 atom stereocenters. The lowest BCUT2D eigenvalue weighted by Gasteiger charge is -2.32. The maximum atomic E-state index is 14.8. The standard InChI is InChI=1S/C43H51F3N6O10S/c1-41(2,3)62-40(56)48-34-24-51(4)18-8-6-7-9-27-22-42(27,39(55)50-63(57,58)31-15-16-31)49-36(53)35-21-30(23-52(35)38(34)54)60-37-32-17-14-29(59-5)19-26(32)20-33(47-37)25-10-12-28(13-11-25)61-43(44,45)46/h7,9-14,17,19-20,27,30-31,34-35H,6,8,15-16,18,21-24H2,1-5H3,(H,48,56)(H,49,53)(H,50,55)/t27-,30?,34+,35+,42-/m1/s1. The van der Waals surface area contributed by atoms with Gasteiger partial charge in [-0.15, -0.1) is 13.2 Å². The number of alkyl carbamates (subject to hydrolysis) is 1. The number of pyridine rings is 1. The first-order valence-corrected chi connectivity index (χ1v) is 22.2. The van der Waals surface area contributed by atoms with Crippen molar-refractivity contribution in [1.29, 1.82) is 0 Å². The predicted octanol–water partition coefficient (Wildman–Crippen LogP) is 4.82. The first-order chi connectivity index (χ1) is 29.6. The molecule has 0 radical (unpaired) electrons. The average Bonchev–Trinajstić information content (AvgIpc) is 4.12. The van der Waals surface area contributed by atoms with E-state index in [-0.39, 0.29) is 31.8 Å². The summed E-state index contributed by atoms with van der Waals surface area (Å²) in [4.78, 5) is 64.3. The summed E-state index contributed by atoms with van der Waals surface area (Å²) >= 11 is 0. The van der Waals surface area contributed by atoms with Crippen LogP contribution in [0, 0.1) is 5.92 Å². The Morgan fingerprint density at radius 2 is 1.71 bits per heavy atom. The van der Waals surface area contributed by atoms with Gasteiger partial charge in [0, 0.05) is 29.8 Å². The van der Waals surface area contributed by atoms with E-state index in [2.05, 4.69) is 20.1 Å². The van der Waals surface area contributed by atoms with E-state index in [0.29, 0.717) is 60.0 Å². The molecule has 63 heavy (non-hydrogen) atoms. The average molecular weight is 901 g/mol. The van der Waals surface area contributed by atoms with Gasteiger partial charge in [0.25, 0.3) is 5.91 Å². The number of aromatic nitrogens is 1. The number of allylic oxidation sites excluding steroid dienone is 1. The van der Waals surface area contributed by atoms with Crippen molar-refractivity contribution >= 4 is 44.6 Å². The van der Waals surface area contributed by atoms with Gasteiger partial charge in [-0.25, -0.2) is 18.2 Å². The number of ether oxygens (including phenoxy) is 4. The van der Waals surface area contributed by atoms with Gasteiger partial charge < -0.3 is 39.4 Å². The van der Waals surface area contributed by atoms with Gasteiger partial charge in [0.1, 0.15) is 40.8 Å². The number of nitrogens with one attached hydrogen (secondary N) is 3. The van der Waals surface area contributed by atoms with Crippen LogP contribution in [-0.4, -0.2) is 122 Å². The monoisotopic (exact) mass is 900 g/mol. The molecule has 3 aromatic rings. The highest BCUT2D eigenvalue weighted by molar-refractivity contribution is 7.91. The van der Waals surface area contributed by atoms with Gasteiger partial charge in [-0.1, -0.05) is 12.2 Å². The van der Waals surface area contributed by atoms with Crippen LogP contribution < -0.4 is 29.6 Å². The molecular weight excluding hydrogens is 850 g/mol. The Morgan fingerprint density at radius 3 is 2.38 bits per heavy atom. The minimum absolute atomic E-state index is 0.0506. The van der Waals surface area contributed by atoms with E-state index < -0.39 is 86.4 Å². The first kappa shape index (κ1) is 45.4. The van der Waals surface area contributed by atoms with E-state index in [4.69, 9.17) is 19.2 Å². The van der Waals surface area contributed by atoms with E-state index in [0.717, 1.165) is 12.1 Å². The molecule has 20 heteroatoms. The Bertz CT molecular complexity index is 2390. The van der Waals surface area contributed by atoms with E-state index >= 15 is 0 Å². The molecule has 4 amide bonds. The highest BCUT2D eigenvalue weighted by atomic mass is 32.2. The van der Waals surface area contributed by atoms with E-state index in [1.165, 1.54) is 24.1 Å². The number of carbonyl (C=O) groups is 4. The minimum atomic E-state index is -4.89. The predicted molar refractivity (Wildman–Crippen MR) is 223 cm³/mol. The molecule has 1 saturated heterocycles. The van der Waals surface area contributed by atoms with E-state index in [1.54, 1.807) is 58.2 Å². The fourth-order valence-corrected chi connectivity index (χ4v) is 9.24. The molecule has 16 nitrogen and oxygen atoms in total. The number of alkyl halides is 3. The summed E-state index contributed by atoms with van der Waals surface area (Å²) in [6, 6.07) is 9.48. The molecule has 7 rings (SSSR count). The largest absolute Gasteiger partial charge is 0.573 e. The summed E-state index contributed by atoms with van der Waals surface area (Å²) in [5.41, 5.74) is -1.76. The Kier molecular flexibility index (Phi) is 12.6. The molecule has 2 saturated carbocycles. The number of hydrogen-bond donors (Lipinski definition) is 3. The number of rotatable bonds is 9. The molecule has 3 heterocycles. The number of carbonyl (C=O) groups excluding carboxylic acids is 4. The fourth-order valence-electron chi connectivity index (χ4n) is 7.87. The highest BCUT2D eigenvalue weighted by Gasteiger charge is 2.62. The molecule has 1 unspecified atom stereocenters. The third-order valence-electron chi connectivity index (χ3n) is 11.2. The topological polar surface area (TPSA) is 195 Å². The molecule has 0 bridgehead atoms. The molecule has 3 N–H and O–H groups in total. The van der Waals surface area contributed by atoms with Gasteiger partial charge in [0.05, 0.1) is 24.6 Å². The van der Waals surface area contributed by atoms with Gasteiger partial charge in [-0.3, -0.25) is 19.1 Å². The van der Waals surface area contributed by atoms with Crippen molar-refractivity contribution in [2.24, 2.45) is 5.92 Å². The van der Waals surface area contributed by atoms with Crippen molar-refractivity contribution in [3.8, 4) is 28.6 Å². The molecule has 4 aliphatic rings. The maximum absolute atomic E-state index is 14.8. The summed E-state index contributed by atoms with van der Waals surface area (Å²) < 4.78 is 88.4. The molecule has 3 fully saturated rings. The van der Waals surface area contributed by atoms with Crippen molar-refractivity contribution in [3.63, 3.8) is 0 Å². The zero-order valence-corrected chi connectivity index (χ0v) is 36.3. The van der Waals surface area contributed by atoms with E-state index in [9.17, 15) is 40.8 Å². The number of benzene rings is 2. The number of likely N-dealkylation sites (N-methyl/N-ethyl adjacent to an activating group) is 1. The Hall–Kier alpha value is -5.63. The third kappa shape index (κ3) is 10.9. The summed E-state index contributed by atoms with van der Waals surface area (Å²) in [6.07, 6.45) is -0.873. The van der Waals surface area contributed by atoms with Gasteiger partial charge in [-0.05, 0) is 120 Å². The van der Waals surface area contributed by atoms with Crippen LogP contribution in [0.4, 0.5) is 18.0 Å². The lowest BCUT2D eigenvalue weighted by Crippen LogP contribution is -2.59. The van der Waals surface area contributed by atoms with Crippen molar-refractivity contribution in [3.05, 3.63) is 60.7 Å². The quantitative estimate of drug-likeness (QED) is 0.249. The van der Waals surface area contributed by atoms with Gasteiger partial charge in [0.2, 0.25) is 27.7 Å². The Balaban J connectivity index is 1.24. The molecule has 2 aromatic carbocycles. The van der Waals surface area contributed by atoms with Crippen LogP contribution in [0.2, 0.25) is 0 Å². The number of nitrogens with zero attached hydrogens (tertiary/aromatic N) is 3. The zero-order valence-electron chi connectivity index (χ0n) is 35.5. The lowest BCUT2D eigenvalue weighted by molar-refractivity contribution is -0.274. The minimum Gasteiger partial charge on any atom is -0.497 e. The first-order valence-electron chi connectivity index (χ1n) is 20.7. The van der Waals surface area contributed by atoms with Gasteiger partial charge >= 0.3 is 12.5 Å². The summed E-state index contributed by atoms with van der Waals surface area (Å²) in [7, 11) is -0.690. The number of halogens is 3. The number of amides is 4. The Labute approximate surface area is 362 Å². The summed E-state index contributed by atoms with van der Waals surface area (Å²) in [6.45, 7) is 5.43. The lowest BCUT2D eigenvalue weighted by atomic mass is 10.1. The van der Waals surface area contributed by atoms with Crippen LogP contribution in [0.25, 0.3) is 22.0 Å². The number of fused-ring (bicyclic) bond motifs is 3. The van der Waals surface area contributed by atoms with Gasteiger partial charge in [0.15, 0.2) is 0 Å². The second kappa shape index (κ2) is 17.5. The third-order valence-corrected chi connectivity index (χ3v) is 13.1. The molecule has 2 aliphatic carbocycles. The van der Waals surface area contributed by atoms with Crippen LogP contribution >= 0.6 is 0 Å². The van der Waals surface area contributed by atoms with Crippen molar-refractivity contribution in [2.75, 3.05) is 33.8 Å². The Morgan fingerprint density at radius 1 is 1.00 bits per heavy atom. The summed E-state index contributed by atoms with van der Waals surface area (Å²) in [5.74, 6) is -2.60. The van der Waals surface area contributed by atoms with E-state index in [1.807, 2.05) is 11.0 Å². The van der Waals surface area contributed by atoms with Crippen LogP contribution in [0.15, 0.2) is 60.7 Å². The smallest absolute Gasteiger partial charge is 0.497 e. The zero-order chi connectivity index (χ0) is 45.5. The second-order valence-electron chi connectivity index (χ2n) is 17.4. The molecule has 340 valence electrons. The normalized spacial score (nSPS) is 24.9. The molecular formula is C43H51F3N6O10S. The number of sulfonamides is 1. The van der Waals surface area contributed by atoms with Crippen molar-refractivity contribution in [2.45, 2.75) is 100 Å². The summed E-state index contributed by atoms with van der Waals surface area (Å²) in [5, 5.41) is 5.95. The number of hydrogen-bond acceptors (Lipinski definition) is 12. The SMILES string of the molecule is COc1ccc2c(OC3C[C@H]4C(=O)N[C@]5(C(=O)NS(=O)(=O)C6CC6)C[C@H]5C=CCCCN(C)C[C@H](NC(=O)OC(C)(C)C)C(=O)N4C3)nc(-c3ccc(OC(F)(F)F)cc3)cc2c1. The second-order valence-corrected chi connectivity index (χ2v) is 19.4. The van der Waals surface area contributed by atoms with Crippen LogP contribution in [0.3, 0.4) is 0 Å². The van der Waals surface area contributed by atoms with Gasteiger partial charge in [-0.2, -0.15) is 0 Å². The maximum Gasteiger partial charge on any atom is 0.573 e. The highest BCUT2D eigenvalue weighted by Crippen LogP contribution is 2.46. The molecule has 2 aliphatic heterocycles. The number of methoxy groups -OCH3 is 1. The van der Waals surface area contributed by atoms with Crippen molar-refractivity contribution < 1.29 is 59.7 Å².